The average Bonchev–Trinajstić information content (AvgIpc) is 3.21. The molecule has 0 radical (unpaired) electrons. The van der Waals surface area contributed by atoms with Gasteiger partial charge in [-0.25, -0.2) is 19.2 Å². The molecule has 9 nitrogen and oxygen atoms in total. The summed E-state index contributed by atoms with van der Waals surface area (Å²) in [5.41, 5.74) is 8.54. The summed E-state index contributed by atoms with van der Waals surface area (Å²) in [6, 6.07) is 3.29. The van der Waals surface area contributed by atoms with Crippen molar-refractivity contribution in [1.29, 1.82) is 0 Å². The smallest absolute Gasteiger partial charge is 0.414 e. The minimum Gasteiger partial charge on any atom is -0.474 e. The van der Waals surface area contributed by atoms with Crippen LogP contribution in [0.2, 0.25) is 0 Å². The van der Waals surface area contributed by atoms with Crippen LogP contribution in [0.4, 0.5) is 20.6 Å². The fraction of sp³-hybridized carbons (Fsp3) is 0.348. The normalized spacial score (nSPS) is 17.8. The highest BCUT2D eigenvalue weighted by molar-refractivity contribution is 5.98. The third-order valence-electron chi connectivity index (χ3n) is 6.12. The van der Waals surface area contributed by atoms with E-state index >= 15 is 4.39 Å². The molecule has 4 heterocycles. The number of nitrogens with one attached hydrogen (secondary N) is 2. The van der Waals surface area contributed by atoms with Crippen molar-refractivity contribution >= 4 is 28.2 Å². The third kappa shape index (κ3) is 3.97. The molecule has 172 valence electrons. The summed E-state index contributed by atoms with van der Waals surface area (Å²) in [5, 5.41) is 7.14. The molecule has 4 N–H and O–H groups in total. The fourth-order valence-corrected chi connectivity index (χ4v) is 4.37. The molecule has 5 rings (SSSR count). The molecule has 0 aliphatic carbocycles. The van der Waals surface area contributed by atoms with Crippen molar-refractivity contribution in [3.05, 3.63) is 35.9 Å². The molecular formula is C23H25FN6O3. The predicted octanol–water partition coefficient (Wildman–Crippen LogP) is 2.92. The molecular weight excluding hydrogens is 427 g/mol. The minimum atomic E-state index is -0.571. The maximum absolute atomic E-state index is 15.3. The lowest BCUT2D eigenvalue weighted by Gasteiger charge is -2.22. The van der Waals surface area contributed by atoms with Crippen LogP contribution >= 0.6 is 0 Å². The van der Waals surface area contributed by atoms with E-state index in [1.54, 1.807) is 18.3 Å². The van der Waals surface area contributed by atoms with Gasteiger partial charge in [-0.3, -0.25) is 0 Å². The van der Waals surface area contributed by atoms with E-state index in [-0.39, 0.29) is 17.6 Å². The Hall–Kier alpha value is -3.66. The Kier molecular flexibility index (Phi) is 5.37. The highest BCUT2D eigenvalue weighted by Crippen LogP contribution is 2.39. The number of amides is 1. The lowest BCUT2D eigenvalue weighted by Crippen LogP contribution is -2.38. The largest absolute Gasteiger partial charge is 0.474 e. The van der Waals surface area contributed by atoms with Gasteiger partial charge in [0, 0.05) is 54.1 Å². The molecule has 1 aromatic carbocycles. The number of anilines is 2. The quantitative estimate of drug-likeness (QED) is 0.520. The number of likely N-dealkylation sites (tertiary alicyclic amines) is 1. The van der Waals surface area contributed by atoms with Gasteiger partial charge in [0.15, 0.2) is 5.82 Å². The molecule has 33 heavy (non-hydrogen) atoms. The molecule has 0 bridgehead atoms. The topological polar surface area (TPSA) is 115 Å². The third-order valence-corrected chi connectivity index (χ3v) is 6.12. The molecule has 1 amide bonds. The second-order valence-corrected chi connectivity index (χ2v) is 8.43. The number of benzene rings is 1. The van der Waals surface area contributed by atoms with Gasteiger partial charge >= 0.3 is 6.09 Å². The summed E-state index contributed by atoms with van der Waals surface area (Å²) in [7, 11) is 2.00. The van der Waals surface area contributed by atoms with Gasteiger partial charge in [0.1, 0.15) is 12.3 Å². The van der Waals surface area contributed by atoms with Gasteiger partial charge in [-0.15, -0.1) is 0 Å². The van der Waals surface area contributed by atoms with E-state index in [4.69, 9.17) is 15.2 Å². The Labute approximate surface area is 190 Å². The number of carbonyl (C=O) groups excluding carboxylic acids is 1. The first-order valence-corrected chi connectivity index (χ1v) is 10.8. The second-order valence-electron chi connectivity index (χ2n) is 8.43. The molecule has 2 aromatic heterocycles. The minimum absolute atomic E-state index is 0.0266. The molecule has 1 fully saturated rings. The monoisotopic (exact) mass is 452 g/mol. The molecule has 3 aromatic rings. The number of hydrogen-bond donors (Lipinski definition) is 3. The SMILES string of the molecule is Cc1c(-c2cc3cc(OC(=O)N[C@H]4CCN(C)C4)ncc3c(N)c2F)cnc2c1NCCO2. The first-order chi connectivity index (χ1) is 15.9. The second kappa shape index (κ2) is 8.36. The molecule has 0 spiro atoms. The van der Waals surface area contributed by atoms with Crippen LogP contribution in [0, 0.1) is 12.7 Å². The van der Waals surface area contributed by atoms with Crippen LogP contribution in [-0.2, 0) is 0 Å². The van der Waals surface area contributed by atoms with Gasteiger partial charge < -0.3 is 30.7 Å². The van der Waals surface area contributed by atoms with Crippen molar-refractivity contribution in [3.63, 3.8) is 0 Å². The standard InChI is InChI=1S/C23H25FN6O3/c1-12-16(9-28-22-21(12)26-4-6-32-22)15-7-13-8-18(27-10-17(13)20(25)19(15)24)33-23(31)29-14-3-5-30(2)11-14/h7-10,14,26H,3-6,11,25H2,1-2H3,(H,29,31)/t14-/m0/s1. The summed E-state index contributed by atoms with van der Waals surface area (Å²) in [4.78, 5) is 22.9. The molecule has 2 aliphatic rings. The van der Waals surface area contributed by atoms with E-state index in [0.717, 1.165) is 30.8 Å². The first-order valence-electron chi connectivity index (χ1n) is 10.8. The van der Waals surface area contributed by atoms with Gasteiger partial charge in [0.25, 0.3) is 0 Å². The van der Waals surface area contributed by atoms with Crippen molar-refractivity contribution < 1.29 is 18.7 Å². The van der Waals surface area contributed by atoms with Crippen LogP contribution in [0.5, 0.6) is 11.8 Å². The Morgan fingerprint density at radius 1 is 1.33 bits per heavy atom. The Balaban J connectivity index is 1.47. The maximum atomic E-state index is 15.3. The Morgan fingerprint density at radius 3 is 2.97 bits per heavy atom. The van der Waals surface area contributed by atoms with E-state index in [1.807, 2.05) is 14.0 Å². The number of likely N-dealkylation sites (N-methyl/N-ethyl adjacent to an activating group) is 1. The van der Waals surface area contributed by atoms with Crippen molar-refractivity contribution in [1.82, 2.24) is 20.2 Å². The molecule has 1 saturated heterocycles. The summed E-state index contributed by atoms with van der Waals surface area (Å²) in [5.74, 6) is 0.0531. The number of pyridine rings is 2. The van der Waals surface area contributed by atoms with E-state index in [1.165, 1.54) is 6.20 Å². The van der Waals surface area contributed by atoms with Crippen LogP contribution in [0.25, 0.3) is 21.9 Å². The van der Waals surface area contributed by atoms with Crippen LogP contribution in [0.3, 0.4) is 0 Å². The van der Waals surface area contributed by atoms with Crippen LogP contribution < -0.4 is 25.8 Å². The number of fused-ring (bicyclic) bond motifs is 2. The van der Waals surface area contributed by atoms with Gasteiger partial charge in [0.05, 0.1) is 5.69 Å². The zero-order chi connectivity index (χ0) is 23.1. The zero-order valence-corrected chi connectivity index (χ0v) is 18.4. The molecule has 0 saturated carbocycles. The molecule has 10 heteroatoms. The number of aromatic nitrogens is 2. The molecule has 2 aliphatic heterocycles. The summed E-state index contributed by atoms with van der Waals surface area (Å²) in [6.45, 7) is 4.74. The van der Waals surface area contributed by atoms with Gasteiger partial charge in [-0.1, -0.05) is 0 Å². The van der Waals surface area contributed by atoms with E-state index in [2.05, 4.69) is 25.5 Å². The van der Waals surface area contributed by atoms with Crippen LogP contribution in [0.1, 0.15) is 12.0 Å². The van der Waals surface area contributed by atoms with Gasteiger partial charge in [-0.05, 0) is 44.0 Å². The van der Waals surface area contributed by atoms with Crippen molar-refractivity contribution in [2.45, 2.75) is 19.4 Å². The van der Waals surface area contributed by atoms with Gasteiger partial charge in [0.2, 0.25) is 11.8 Å². The summed E-state index contributed by atoms with van der Waals surface area (Å²) in [6.07, 6.45) is 3.29. The fourth-order valence-electron chi connectivity index (χ4n) is 4.37. The predicted molar refractivity (Wildman–Crippen MR) is 123 cm³/mol. The molecule has 0 unspecified atom stereocenters. The number of nitrogen functional groups attached to an aromatic ring is 1. The van der Waals surface area contributed by atoms with Crippen LogP contribution in [-0.4, -0.2) is 60.3 Å². The first kappa shape index (κ1) is 21.2. The summed E-state index contributed by atoms with van der Waals surface area (Å²) < 4.78 is 26.2. The average molecular weight is 452 g/mol. The van der Waals surface area contributed by atoms with E-state index in [9.17, 15) is 4.79 Å². The molecule has 1 atom stereocenters. The summed E-state index contributed by atoms with van der Waals surface area (Å²) >= 11 is 0. The highest BCUT2D eigenvalue weighted by atomic mass is 19.1. The van der Waals surface area contributed by atoms with E-state index < -0.39 is 11.9 Å². The number of ether oxygens (including phenoxy) is 2. The van der Waals surface area contributed by atoms with Crippen molar-refractivity contribution in [2.24, 2.45) is 0 Å². The lowest BCUT2D eigenvalue weighted by atomic mass is 9.97. The maximum Gasteiger partial charge on any atom is 0.414 e. The Bertz CT molecular complexity index is 1250. The zero-order valence-electron chi connectivity index (χ0n) is 18.4. The lowest BCUT2D eigenvalue weighted by molar-refractivity contribution is 0.194. The number of carbonyl (C=O) groups is 1. The highest BCUT2D eigenvalue weighted by Gasteiger charge is 2.23. The van der Waals surface area contributed by atoms with Crippen LogP contribution in [0.15, 0.2) is 24.5 Å². The van der Waals surface area contributed by atoms with Crippen molar-refractivity contribution in [3.8, 4) is 22.9 Å². The number of rotatable bonds is 3. The number of hydrogen-bond acceptors (Lipinski definition) is 8. The van der Waals surface area contributed by atoms with Crippen molar-refractivity contribution in [2.75, 3.05) is 44.3 Å². The van der Waals surface area contributed by atoms with E-state index in [0.29, 0.717) is 40.9 Å². The Morgan fingerprint density at radius 2 is 2.18 bits per heavy atom. The number of halogens is 1. The number of nitrogens with two attached hydrogens (primary N) is 1. The van der Waals surface area contributed by atoms with Gasteiger partial charge in [-0.2, -0.15) is 0 Å². The number of nitrogens with zero attached hydrogens (tertiary/aromatic N) is 3.